The number of aliphatic carboxylic acids is 1. The molecule has 0 unspecified atom stereocenters. The van der Waals surface area contributed by atoms with Crippen molar-refractivity contribution in [2.24, 2.45) is 5.73 Å². The van der Waals surface area contributed by atoms with Crippen LogP contribution in [0.2, 0.25) is 0 Å². The average molecular weight is 254 g/mol. The highest BCUT2D eigenvalue weighted by Crippen LogP contribution is 2.21. The van der Waals surface area contributed by atoms with Crippen LogP contribution >= 0.6 is 0 Å². The van der Waals surface area contributed by atoms with Gasteiger partial charge in [0.1, 0.15) is 17.1 Å². The van der Waals surface area contributed by atoms with Gasteiger partial charge in [0.25, 0.3) is 0 Å². The minimum Gasteiger partial charge on any atom is -0.537 e. The van der Waals surface area contributed by atoms with Crippen LogP contribution in [0, 0.1) is 5.82 Å². The SMILES string of the molecule is CC[C@](N)(Cc1ccc(O[B]O)cc1F)C(=O)O. The Bertz CT molecular complexity index is 443. The van der Waals surface area contributed by atoms with Crippen LogP contribution in [0.1, 0.15) is 18.9 Å². The minimum absolute atomic E-state index is 0.117. The van der Waals surface area contributed by atoms with Crippen molar-refractivity contribution in [2.75, 3.05) is 0 Å². The molecule has 0 saturated heterocycles. The van der Waals surface area contributed by atoms with Crippen molar-refractivity contribution in [1.29, 1.82) is 0 Å². The molecule has 1 aromatic carbocycles. The Balaban J connectivity index is 2.94. The number of halogens is 1. The Labute approximate surface area is 105 Å². The van der Waals surface area contributed by atoms with Crippen LogP contribution in [0.3, 0.4) is 0 Å². The highest BCUT2D eigenvalue weighted by molar-refractivity contribution is 6.17. The van der Waals surface area contributed by atoms with Crippen molar-refractivity contribution in [2.45, 2.75) is 25.3 Å². The van der Waals surface area contributed by atoms with Crippen molar-refractivity contribution >= 4 is 13.7 Å². The van der Waals surface area contributed by atoms with Gasteiger partial charge in [-0.25, -0.2) is 4.39 Å². The Hall–Kier alpha value is -1.60. The molecule has 4 N–H and O–H groups in total. The smallest absolute Gasteiger partial charge is 0.537 e. The molecule has 7 heteroatoms. The number of benzene rings is 1. The summed E-state index contributed by atoms with van der Waals surface area (Å²) >= 11 is 0. The van der Waals surface area contributed by atoms with Crippen LogP contribution in [-0.2, 0) is 11.2 Å². The molecule has 1 radical (unpaired) electrons. The van der Waals surface area contributed by atoms with E-state index in [0.29, 0.717) is 7.69 Å². The first-order chi connectivity index (χ1) is 8.42. The molecule has 0 spiro atoms. The van der Waals surface area contributed by atoms with Gasteiger partial charge in [0.15, 0.2) is 0 Å². The normalized spacial score (nSPS) is 13.8. The predicted octanol–water partition coefficient (Wildman–Crippen LogP) is 0.466. The molecule has 0 aliphatic carbocycles. The van der Waals surface area contributed by atoms with Crippen molar-refractivity contribution in [3.63, 3.8) is 0 Å². The van der Waals surface area contributed by atoms with E-state index >= 15 is 0 Å². The first kappa shape index (κ1) is 14.5. The first-order valence-corrected chi connectivity index (χ1v) is 5.36. The van der Waals surface area contributed by atoms with E-state index in [0.717, 1.165) is 6.07 Å². The molecule has 0 aliphatic heterocycles. The summed E-state index contributed by atoms with van der Waals surface area (Å²) in [6, 6.07) is 3.86. The van der Waals surface area contributed by atoms with Crippen LogP contribution in [-0.4, -0.2) is 29.3 Å². The predicted molar refractivity (Wildman–Crippen MR) is 63.6 cm³/mol. The van der Waals surface area contributed by atoms with Gasteiger partial charge in [-0.1, -0.05) is 13.0 Å². The number of hydrogen-bond donors (Lipinski definition) is 3. The quantitative estimate of drug-likeness (QED) is 0.641. The summed E-state index contributed by atoms with van der Waals surface area (Å²) in [5.41, 5.74) is 4.39. The summed E-state index contributed by atoms with van der Waals surface area (Å²) < 4.78 is 18.3. The zero-order valence-corrected chi connectivity index (χ0v) is 9.89. The fourth-order valence-corrected chi connectivity index (χ4v) is 1.50. The van der Waals surface area contributed by atoms with Gasteiger partial charge in [-0.2, -0.15) is 0 Å². The standard InChI is InChI=1S/C11H14BFNO4/c1-2-11(14,10(15)16)6-7-3-4-8(18-12-17)5-9(7)13/h3-5,17H,2,6,14H2,1H3,(H,15,16)/t11-/m0/s1. The van der Waals surface area contributed by atoms with Gasteiger partial charge >= 0.3 is 13.7 Å². The van der Waals surface area contributed by atoms with E-state index in [9.17, 15) is 9.18 Å². The van der Waals surface area contributed by atoms with E-state index in [1.54, 1.807) is 6.92 Å². The van der Waals surface area contributed by atoms with Crippen LogP contribution in [0.4, 0.5) is 4.39 Å². The molecule has 0 aliphatic rings. The molecule has 1 atom stereocenters. The summed E-state index contributed by atoms with van der Waals surface area (Å²) in [6.45, 7) is 1.63. The molecule has 5 nitrogen and oxygen atoms in total. The Morgan fingerprint density at radius 3 is 2.72 bits per heavy atom. The summed E-state index contributed by atoms with van der Waals surface area (Å²) in [6.07, 6.45) is 0.0677. The van der Waals surface area contributed by atoms with Crippen LogP contribution in [0.5, 0.6) is 5.75 Å². The zero-order chi connectivity index (χ0) is 13.8. The molecule has 0 amide bonds. The van der Waals surface area contributed by atoms with E-state index in [2.05, 4.69) is 4.65 Å². The van der Waals surface area contributed by atoms with Gasteiger partial charge < -0.3 is 20.5 Å². The van der Waals surface area contributed by atoms with E-state index in [4.69, 9.17) is 15.9 Å². The van der Waals surface area contributed by atoms with Crippen LogP contribution in [0.15, 0.2) is 18.2 Å². The average Bonchev–Trinajstić information content (AvgIpc) is 2.32. The van der Waals surface area contributed by atoms with Crippen LogP contribution < -0.4 is 10.4 Å². The lowest BCUT2D eigenvalue weighted by Gasteiger charge is -2.23. The fourth-order valence-electron chi connectivity index (χ4n) is 1.50. The molecule has 1 rings (SSSR count). The third-order valence-corrected chi connectivity index (χ3v) is 2.78. The molecule has 0 fully saturated rings. The molecule has 0 saturated carbocycles. The second-order valence-electron chi connectivity index (χ2n) is 3.97. The molecule has 0 aromatic heterocycles. The second-order valence-corrected chi connectivity index (χ2v) is 3.97. The molecular formula is C11H14BFNO4. The summed E-state index contributed by atoms with van der Waals surface area (Å²) in [7, 11) is 0.435. The van der Waals surface area contributed by atoms with Gasteiger partial charge in [-0.05, 0) is 18.1 Å². The highest BCUT2D eigenvalue weighted by Gasteiger charge is 2.32. The number of nitrogens with two attached hydrogens (primary N) is 1. The van der Waals surface area contributed by atoms with Gasteiger partial charge in [0.2, 0.25) is 0 Å². The topological polar surface area (TPSA) is 92.8 Å². The summed E-state index contributed by atoms with van der Waals surface area (Å²) in [4.78, 5) is 11.0. The number of hydrogen-bond acceptors (Lipinski definition) is 4. The molecular weight excluding hydrogens is 240 g/mol. The van der Waals surface area contributed by atoms with Crippen molar-refractivity contribution < 1.29 is 24.0 Å². The second kappa shape index (κ2) is 5.84. The summed E-state index contributed by atoms with van der Waals surface area (Å²) in [5, 5.41) is 17.4. The largest absolute Gasteiger partial charge is 0.569 e. The van der Waals surface area contributed by atoms with Crippen LogP contribution in [0.25, 0.3) is 0 Å². The third-order valence-electron chi connectivity index (χ3n) is 2.78. The van der Waals surface area contributed by atoms with Crippen molar-refractivity contribution in [1.82, 2.24) is 0 Å². The molecule has 97 valence electrons. The number of carboxylic acids is 1. The molecule has 0 bridgehead atoms. The monoisotopic (exact) mass is 254 g/mol. The number of rotatable bonds is 6. The highest BCUT2D eigenvalue weighted by atomic mass is 19.1. The lowest BCUT2D eigenvalue weighted by molar-refractivity contribution is -0.143. The Kier molecular flexibility index (Phi) is 4.69. The maximum atomic E-state index is 13.7. The van der Waals surface area contributed by atoms with Gasteiger partial charge in [0, 0.05) is 12.5 Å². The van der Waals surface area contributed by atoms with E-state index in [1.807, 2.05) is 0 Å². The minimum atomic E-state index is -1.49. The Morgan fingerprint density at radius 1 is 1.61 bits per heavy atom. The maximum Gasteiger partial charge on any atom is 0.569 e. The van der Waals surface area contributed by atoms with Gasteiger partial charge in [-0.3, -0.25) is 4.79 Å². The van der Waals surface area contributed by atoms with E-state index in [1.165, 1.54) is 12.1 Å². The third kappa shape index (κ3) is 3.21. The van der Waals surface area contributed by atoms with Gasteiger partial charge in [-0.15, -0.1) is 0 Å². The summed E-state index contributed by atoms with van der Waals surface area (Å²) in [5.74, 6) is -1.68. The Morgan fingerprint density at radius 2 is 2.28 bits per heavy atom. The maximum absolute atomic E-state index is 13.7. The van der Waals surface area contributed by atoms with E-state index < -0.39 is 17.3 Å². The lowest BCUT2D eigenvalue weighted by atomic mass is 9.89. The van der Waals surface area contributed by atoms with Gasteiger partial charge in [0.05, 0.1) is 0 Å². The number of carbonyl (C=O) groups is 1. The molecule has 18 heavy (non-hydrogen) atoms. The van der Waals surface area contributed by atoms with Crippen molar-refractivity contribution in [3.05, 3.63) is 29.6 Å². The number of carboxylic acid groups (broad SMARTS) is 1. The van der Waals surface area contributed by atoms with E-state index in [-0.39, 0.29) is 24.2 Å². The first-order valence-electron chi connectivity index (χ1n) is 5.36. The zero-order valence-electron chi connectivity index (χ0n) is 9.89. The van der Waals surface area contributed by atoms with Crippen molar-refractivity contribution in [3.8, 4) is 5.75 Å². The molecule has 0 heterocycles. The molecule has 1 aromatic rings. The lowest BCUT2D eigenvalue weighted by Crippen LogP contribution is -2.49. The fraction of sp³-hybridized carbons (Fsp3) is 0.364.